The van der Waals surface area contributed by atoms with Crippen LogP contribution < -0.4 is 9.26 Å². The number of rotatable bonds is 12. The fourth-order valence-electron chi connectivity index (χ4n) is 3.03. The van der Waals surface area contributed by atoms with Crippen LogP contribution in [0.25, 0.3) is 0 Å². The van der Waals surface area contributed by atoms with Gasteiger partial charge in [0.05, 0.1) is 26.9 Å². The first-order chi connectivity index (χ1) is 17.4. The Balaban J connectivity index is 1.72. The van der Waals surface area contributed by atoms with E-state index in [-0.39, 0.29) is 5.45 Å². The molecule has 3 rings (SSSR count). The Morgan fingerprint density at radius 1 is 0.944 bits per heavy atom. The first-order valence-corrected chi connectivity index (χ1v) is 14.6. The minimum Gasteiger partial charge on any atom is -0.497 e. The number of nitrogens with zero attached hydrogens (tertiary/aromatic N) is 3. The third kappa shape index (κ3) is 7.53. The van der Waals surface area contributed by atoms with E-state index in [0.717, 1.165) is 16.9 Å². The zero-order chi connectivity index (χ0) is 26.0. The lowest BCUT2D eigenvalue weighted by atomic mass is 10.2. The second kappa shape index (κ2) is 13.4. The predicted molar refractivity (Wildman–Crippen MR) is 148 cm³/mol. The highest BCUT2D eigenvalue weighted by atomic mass is 32.4. The molecule has 3 aromatic carbocycles. The molecule has 36 heavy (non-hydrogen) atoms. The van der Waals surface area contributed by atoms with E-state index in [1.54, 1.807) is 49.4 Å². The molecule has 0 radical (unpaired) electrons. The number of aliphatic imine (C=N–C) groups is 1. The molecule has 0 bridgehead atoms. The average Bonchev–Trinajstić information content (AvgIpc) is 2.93. The minimum absolute atomic E-state index is 0.241. The average molecular weight is 545 g/mol. The van der Waals surface area contributed by atoms with Gasteiger partial charge in [0.25, 0.3) is 0 Å². The van der Waals surface area contributed by atoms with Crippen molar-refractivity contribution >= 4 is 38.1 Å². The maximum absolute atomic E-state index is 13.2. The molecule has 0 aliphatic rings. The predicted octanol–water partition coefficient (Wildman–Crippen LogP) is 6.25. The molecule has 0 amide bonds. The lowest BCUT2D eigenvalue weighted by Crippen LogP contribution is -2.07. The zero-order valence-electron chi connectivity index (χ0n) is 20.5. The van der Waals surface area contributed by atoms with Gasteiger partial charge in [0.15, 0.2) is 11.2 Å². The van der Waals surface area contributed by atoms with Crippen molar-refractivity contribution < 1.29 is 22.9 Å². The number of benzene rings is 3. The number of hydrogen-bond donors (Lipinski definition) is 0. The summed E-state index contributed by atoms with van der Waals surface area (Å²) in [5, 5.41) is 4.38. The molecule has 0 aliphatic heterocycles. The highest BCUT2D eigenvalue weighted by Crippen LogP contribution is 2.50. The van der Waals surface area contributed by atoms with Crippen molar-refractivity contribution in [2.75, 3.05) is 28.4 Å². The van der Waals surface area contributed by atoms with Gasteiger partial charge in [0.1, 0.15) is 5.75 Å². The lowest BCUT2D eigenvalue weighted by Gasteiger charge is -2.16. The monoisotopic (exact) mass is 544 g/mol. The molecule has 0 saturated carbocycles. The third-order valence-corrected chi connectivity index (χ3v) is 8.77. The van der Waals surface area contributed by atoms with Gasteiger partial charge in [-0.25, -0.2) is 0 Å². The molecule has 0 saturated heterocycles. The Kier molecular flexibility index (Phi) is 10.3. The highest BCUT2D eigenvalue weighted by Gasteiger charge is 2.31. The van der Waals surface area contributed by atoms with Crippen LogP contribution in [0.3, 0.4) is 0 Å². The molecule has 0 fully saturated rings. The molecule has 0 aliphatic carbocycles. The summed E-state index contributed by atoms with van der Waals surface area (Å²) in [6.45, 7) is 0.333. The van der Waals surface area contributed by atoms with E-state index in [0.29, 0.717) is 17.9 Å². The Labute approximate surface area is 217 Å². The standard InChI is InChI=1S/C25H28N3O5P2S/c1-28(27-19-21-10-14-23(30-2)15-11-21)34(36)33-24-16-12-22(13-17-24)25(35(29,31-3)32-4)26-18-20-8-6-5-7-9-20/h5-17,19H,18H2,1-4H3/q+1/b26-25?,27-19+. The van der Waals surface area contributed by atoms with Gasteiger partial charge in [-0.05, 0) is 59.7 Å². The summed E-state index contributed by atoms with van der Waals surface area (Å²) < 4.78 is 36.3. The van der Waals surface area contributed by atoms with E-state index in [4.69, 9.17) is 30.1 Å². The van der Waals surface area contributed by atoms with Crippen LogP contribution in [0, 0.1) is 0 Å². The molecule has 3 aromatic rings. The summed E-state index contributed by atoms with van der Waals surface area (Å²) in [6, 6.07) is 24.2. The van der Waals surface area contributed by atoms with Crippen LogP contribution in [0.5, 0.6) is 11.5 Å². The van der Waals surface area contributed by atoms with Crippen LogP contribution in [-0.2, 0) is 32.0 Å². The van der Waals surface area contributed by atoms with E-state index in [2.05, 4.69) is 10.1 Å². The molecule has 188 valence electrons. The van der Waals surface area contributed by atoms with Crippen molar-refractivity contribution in [2.45, 2.75) is 6.54 Å². The van der Waals surface area contributed by atoms with Crippen molar-refractivity contribution in [2.24, 2.45) is 10.1 Å². The fraction of sp³-hybridized carbons (Fsp3) is 0.200. The maximum Gasteiger partial charge on any atom is 0.540 e. The van der Waals surface area contributed by atoms with Gasteiger partial charge in [0.2, 0.25) is 11.8 Å². The molecular weight excluding hydrogens is 516 g/mol. The van der Waals surface area contributed by atoms with Crippen LogP contribution in [0.2, 0.25) is 0 Å². The van der Waals surface area contributed by atoms with Gasteiger partial charge in [-0.3, -0.25) is 14.1 Å². The second-order valence-corrected chi connectivity index (χ2v) is 11.7. The summed E-state index contributed by atoms with van der Waals surface area (Å²) in [5.74, 6) is 1.33. The Morgan fingerprint density at radius 3 is 2.14 bits per heavy atom. The topological polar surface area (TPSA) is 82.0 Å². The summed E-state index contributed by atoms with van der Waals surface area (Å²) in [4.78, 5) is 4.57. The molecule has 0 heterocycles. The van der Waals surface area contributed by atoms with Crippen LogP contribution in [0.15, 0.2) is 89.0 Å². The molecule has 0 aromatic heterocycles. The smallest absolute Gasteiger partial charge is 0.497 e. The van der Waals surface area contributed by atoms with E-state index in [9.17, 15) is 4.57 Å². The van der Waals surface area contributed by atoms with Crippen molar-refractivity contribution in [3.8, 4) is 11.5 Å². The van der Waals surface area contributed by atoms with Crippen molar-refractivity contribution in [1.82, 2.24) is 4.78 Å². The molecule has 0 spiro atoms. The van der Waals surface area contributed by atoms with E-state index in [1.165, 1.54) is 14.2 Å². The van der Waals surface area contributed by atoms with Crippen LogP contribution in [0.4, 0.5) is 0 Å². The minimum atomic E-state index is -3.59. The first kappa shape index (κ1) is 27.7. The van der Waals surface area contributed by atoms with Gasteiger partial charge in [-0.15, -0.1) is 5.10 Å². The quantitative estimate of drug-likeness (QED) is 0.152. The summed E-state index contributed by atoms with van der Waals surface area (Å²) in [6.07, 6.45) is 1.70. The SMILES string of the molecule is COc1ccc(/C=N/N(C)[P+](=S)Oc2ccc(C(=NCc3ccccc3)P(=O)(OC)OC)cc2)cc1. The molecule has 8 nitrogen and oxygen atoms in total. The van der Waals surface area contributed by atoms with E-state index < -0.39 is 14.7 Å². The normalized spacial score (nSPS) is 12.4. The van der Waals surface area contributed by atoms with E-state index >= 15 is 0 Å². The summed E-state index contributed by atoms with van der Waals surface area (Å²) >= 11 is 5.50. The van der Waals surface area contributed by atoms with Crippen molar-refractivity contribution in [3.05, 3.63) is 95.6 Å². The molecule has 1 atom stereocenters. The van der Waals surface area contributed by atoms with Crippen molar-refractivity contribution in [3.63, 3.8) is 0 Å². The third-order valence-electron chi connectivity index (χ3n) is 5.02. The van der Waals surface area contributed by atoms with Crippen LogP contribution in [-0.4, -0.2) is 44.8 Å². The highest BCUT2D eigenvalue weighted by molar-refractivity contribution is 8.02. The summed E-state index contributed by atoms with van der Waals surface area (Å²) in [7, 11) is 1.01. The maximum atomic E-state index is 13.2. The fourth-order valence-corrected chi connectivity index (χ4v) is 5.17. The molecular formula is C25H28N3O5P2S+. The Morgan fingerprint density at radius 2 is 1.56 bits per heavy atom. The van der Waals surface area contributed by atoms with Gasteiger partial charge in [-0.2, -0.15) is 0 Å². The number of ether oxygens (including phenoxy) is 1. The van der Waals surface area contributed by atoms with Gasteiger partial charge >= 0.3 is 14.7 Å². The Hall–Kier alpha value is -2.93. The number of hydrogen-bond acceptors (Lipinski definition) is 8. The largest absolute Gasteiger partial charge is 0.540 e. The zero-order valence-corrected chi connectivity index (χ0v) is 23.1. The lowest BCUT2D eigenvalue weighted by molar-refractivity contribution is 0.290. The second-order valence-electron chi connectivity index (χ2n) is 7.35. The van der Waals surface area contributed by atoms with Gasteiger partial charge in [0, 0.05) is 19.8 Å². The molecule has 0 N–H and O–H groups in total. The van der Waals surface area contributed by atoms with Gasteiger partial charge < -0.3 is 13.8 Å². The molecule has 11 heteroatoms. The number of methoxy groups -OCH3 is 1. The Bertz CT molecular complexity index is 1240. The van der Waals surface area contributed by atoms with E-state index in [1.807, 2.05) is 54.6 Å². The summed E-state index contributed by atoms with van der Waals surface area (Å²) in [5.41, 5.74) is 2.73. The van der Waals surface area contributed by atoms with Crippen molar-refractivity contribution in [1.29, 1.82) is 0 Å². The van der Waals surface area contributed by atoms with Crippen LogP contribution >= 0.6 is 14.7 Å². The van der Waals surface area contributed by atoms with Gasteiger partial charge in [-0.1, -0.05) is 35.1 Å². The first-order valence-electron chi connectivity index (χ1n) is 10.9. The van der Waals surface area contributed by atoms with Crippen LogP contribution in [0.1, 0.15) is 16.7 Å². The number of hydrazone groups is 1. The molecule has 1 unspecified atom stereocenters.